The molecule has 0 atom stereocenters. The number of unbranched alkanes of at least 4 members (excludes halogenated alkanes) is 32. The fourth-order valence-electron chi connectivity index (χ4n) is 6.63. The first kappa shape index (κ1) is 43.9. The molecule has 46 heavy (non-hydrogen) atoms. The van der Waals surface area contributed by atoms with Gasteiger partial charge in [-0.25, -0.2) is 0 Å². The first-order valence-electron chi connectivity index (χ1n) is 21.1. The Morgan fingerprint density at radius 2 is 0.543 bits per heavy atom. The Bertz CT molecular complexity index is 646. The molecule has 0 N–H and O–H groups in total. The fourth-order valence-corrected chi connectivity index (χ4v) is 8.60. The molecule has 0 saturated carbocycles. The van der Waals surface area contributed by atoms with Crippen molar-refractivity contribution in [1.29, 1.82) is 0 Å². The first-order chi connectivity index (χ1) is 22.9. The molecule has 0 spiro atoms. The molecule has 0 nitrogen and oxygen atoms in total. The highest BCUT2D eigenvalue weighted by molar-refractivity contribution is 8.00. The molecule has 1 aromatic rings. The third-order valence-electron chi connectivity index (χ3n) is 9.77. The van der Waals surface area contributed by atoms with Crippen LogP contribution < -0.4 is 0 Å². The van der Waals surface area contributed by atoms with Gasteiger partial charge in [0.05, 0.1) is 0 Å². The molecule has 269 valence electrons. The summed E-state index contributed by atoms with van der Waals surface area (Å²) in [5.41, 5.74) is 0. The van der Waals surface area contributed by atoms with Crippen LogP contribution >= 0.6 is 23.5 Å². The van der Waals surface area contributed by atoms with Crippen LogP contribution in [0.2, 0.25) is 0 Å². The van der Waals surface area contributed by atoms with E-state index in [0.29, 0.717) is 0 Å². The predicted octanol–water partition coefficient (Wildman–Crippen LogP) is 17.0. The number of thioether (sulfide) groups is 2. The van der Waals surface area contributed by atoms with Crippen LogP contribution in [-0.4, -0.2) is 11.5 Å². The summed E-state index contributed by atoms with van der Waals surface area (Å²) < 4.78 is 0. The van der Waals surface area contributed by atoms with E-state index in [9.17, 15) is 0 Å². The lowest BCUT2D eigenvalue weighted by molar-refractivity contribution is 0.529. The van der Waals surface area contributed by atoms with Gasteiger partial charge in [-0.3, -0.25) is 0 Å². The summed E-state index contributed by atoms with van der Waals surface area (Å²) in [4.78, 5) is 2.84. The highest BCUT2D eigenvalue weighted by Crippen LogP contribution is 2.27. The van der Waals surface area contributed by atoms with Crippen molar-refractivity contribution in [3.8, 4) is 0 Å². The van der Waals surface area contributed by atoms with E-state index < -0.39 is 0 Å². The maximum atomic E-state index is 3.41. The molecule has 1 rings (SSSR count). The molecule has 0 fully saturated rings. The zero-order valence-electron chi connectivity index (χ0n) is 31.5. The van der Waals surface area contributed by atoms with E-state index in [4.69, 9.17) is 0 Å². The van der Waals surface area contributed by atoms with Gasteiger partial charge in [0.2, 0.25) is 0 Å². The summed E-state index contributed by atoms with van der Waals surface area (Å²) in [5.74, 6) is 2.53. The molecule has 0 heterocycles. The van der Waals surface area contributed by atoms with Gasteiger partial charge in [0.15, 0.2) is 0 Å². The van der Waals surface area contributed by atoms with E-state index >= 15 is 0 Å². The summed E-state index contributed by atoms with van der Waals surface area (Å²) in [6.07, 6.45) is 49.2. The topological polar surface area (TPSA) is 0 Å². The molecular formula is C44H81S2. The molecule has 0 unspecified atom stereocenters. The van der Waals surface area contributed by atoms with Gasteiger partial charge in [-0.2, -0.15) is 0 Å². The maximum absolute atomic E-state index is 3.41. The summed E-state index contributed by atoms with van der Waals surface area (Å²) in [6.45, 7) is 4.61. The zero-order chi connectivity index (χ0) is 32.9. The number of hydrogen-bond acceptors (Lipinski definition) is 2. The first-order valence-corrected chi connectivity index (χ1v) is 23.1. The molecular weight excluding hydrogens is 593 g/mol. The van der Waals surface area contributed by atoms with Crippen LogP contribution in [0.5, 0.6) is 0 Å². The minimum atomic E-state index is 1.26. The molecule has 1 aromatic carbocycles. The second kappa shape index (κ2) is 37.7. The smallest absolute Gasteiger partial charge is 0.00892 e. The van der Waals surface area contributed by atoms with Crippen LogP contribution in [0, 0.1) is 6.07 Å². The minimum absolute atomic E-state index is 1.26. The summed E-state index contributed by atoms with van der Waals surface area (Å²) >= 11 is 4.09. The molecule has 2 heteroatoms. The molecule has 0 aliphatic carbocycles. The van der Waals surface area contributed by atoms with Crippen molar-refractivity contribution in [2.45, 2.75) is 242 Å². The van der Waals surface area contributed by atoms with Crippen molar-refractivity contribution >= 4 is 23.5 Å². The highest BCUT2D eigenvalue weighted by Gasteiger charge is 2.01. The van der Waals surface area contributed by atoms with E-state index in [2.05, 4.69) is 38.1 Å². The minimum Gasteiger partial charge on any atom is -0.126 e. The van der Waals surface area contributed by atoms with E-state index in [1.165, 1.54) is 240 Å². The highest BCUT2D eigenvalue weighted by atomic mass is 32.2. The van der Waals surface area contributed by atoms with Crippen molar-refractivity contribution in [3.05, 3.63) is 24.3 Å². The Labute approximate surface area is 300 Å². The summed E-state index contributed by atoms with van der Waals surface area (Å²) in [7, 11) is 0. The van der Waals surface area contributed by atoms with Crippen LogP contribution in [-0.2, 0) is 0 Å². The molecule has 1 radical (unpaired) electrons. The average molecular weight is 674 g/mol. The van der Waals surface area contributed by atoms with Crippen LogP contribution in [0.3, 0.4) is 0 Å². The standard InChI is InChI=1S/C44H81S2/c1-3-5-7-9-11-13-15-17-19-21-23-25-27-29-31-33-35-40-45-43-38-37-39-44(42-43)46-41-36-34-32-30-28-26-24-22-20-18-16-14-12-10-8-6-4-2/h38-39,42H,3-36,40-41H2,1-2H3. The Balaban J connectivity index is 1.82. The molecule has 0 aliphatic rings. The molecule has 0 amide bonds. The third-order valence-corrected chi connectivity index (χ3v) is 11.9. The molecule has 0 aromatic heterocycles. The van der Waals surface area contributed by atoms with Gasteiger partial charge >= 0.3 is 0 Å². The SMILES string of the molecule is CCCCCCCCCCCCCCCCCCCSc1c[c]cc(SCCCCCCCCCCCCCCCCCCC)c1. The number of hydrogen-bond donors (Lipinski definition) is 0. The van der Waals surface area contributed by atoms with Crippen LogP contribution in [0.25, 0.3) is 0 Å². The van der Waals surface area contributed by atoms with E-state index in [1.807, 2.05) is 23.5 Å². The van der Waals surface area contributed by atoms with Crippen molar-refractivity contribution in [2.24, 2.45) is 0 Å². The van der Waals surface area contributed by atoms with Crippen molar-refractivity contribution < 1.29 is 0 Å². The second-order valence-corrected chi connectivity index (χ2v) is 16.8. The lowest BCUT2D eigenvalue weighted by Crippen LogP contribution is -1.86. The average Bonchev–Trinajstić information content (AvgIpc) is 3.07. The molecule has 0 aliphatic heterocycles. The largest absolute Gasteiger partial charge is 0.126 e. The van der Waals surface area contributed by atoms with Gasteiger partial charge in [-0.1, -0.05) is 219 Å². The van der Waals surface area contributed by atoms with Gasteiger partial charge in [0, 0.05) is 9.79 Å². The molecule has 0 bridgehead atoms. The predicted molar refractivity (Wildman–Crippen MR) is 215 cm³/mol. The van der Waals surface area contributed by atoms with Gasteiger partial charge in [-0.05, 0) is 48.6 Å². The van der Waals surface area contributed by atoms with Crippen molar-refractivity contribution in [3.63, 3.8) is 0 Å². The lowest BCUT2D eigenvalue weighted by atomic mass is 10.0. The summed E-state index contributed by atoms with van der Waals surface area (Å²) in [6, 6.07) is 10.2. The number of benzene rings is 1. The lowest BCUT2D eigenvalue weighted by Gasteiger charge is -2.06. The van der Waals surface area contributed by atoms with E-state index in [0.717, 1.165) is 0 Å². The number of rotatable bonds is 38. The van der Waals surface area contributed by atoms with Crippen LogP contribution in [0.4, 0.5) is 0 Å². The van der Waals surface area contributed by atoms with Gasteiger partial charge in [0.25, 0.3) is 0 Å². The maximum Gasteiger partial charge on any atom is 0.00892 e. The van der Waals surface area contributed by atoms with Crippen LogP contribution in [0.1, 0.15) is 232 Å². The van der Waals surface area contributed by atoms with Gasteiger partial charge < -0.3 is 0 Å². The van der Waals surface area contributed by atoms with Crippen molar-refractivity contribution in [1.82, 2.24) is 0 Å². The zero-order valence-corrected chi connectivity index (χ0v) is 33.1. The van der Waals surface area contributed by atoms with E-state index in [1.54, 1.807) is 0 Å². The Morgan fingerprint density at radius 3 is 0.783 bits per heavy atom. The normalized spacial score (nSPS) is 11.5. The van der Waals surface area contributed by atoms with Crippen LogP contribution in [0.15, 0.2) is 28.0 Å². The Kier molecular flexibility index (Phi) is 36.0. The van der Waals surface area contributed by atoms with Gasteiger partial charge in [0.1, 0.15) is 0 Å². The van der Waals surface area contributed by atoms with Crippen molar-refractivity contribution in [2.75, 3.05) is 11.5 Å². The van der Waals surface area contributed by atoms with E-state index in [-0.39, 0.29) is 0 Å². The molecule has 0 saturated heterocycles. The summed E-state index contributed by atoms with van der Waals surface area (Å²) in [5, 5.41) is 0. The van der Waals surface area contributed by atoms with Gasteiger partial charge in [-0.15, -0.1) is 23.5 Å². The second-order valence-electron chi connectivity index (χ2n) is 14.4. The quantitative estimate of drug-likeness (QED) is 0.0506. The Hall–Kier alpha value is -0.0800. The third kappa shape index (κ3) is 32.5. The monoisotopic (exact) mass is 674 g/mol. The fraction of sp³-hybridized carbons (Fsp3) is 0.864. The Morgan fingerprint density at radius 1 is 0.326 bits per heavy atom.